The van der Waals surface area contributed by atoms with Gasteiger partial charge in [-0.15, -0.1) is 0 Å². The molecule has 3 aromatic rings. The van der Waals surface area contributed by atoms with E-state index in [9.17, 15) is 13.6 Å². The van der Waals surface area contributed by atoms with Crippen molar-refractivity contribution in [1.82, 2.24) is 0 Å². The molecule has 3 aromatic carbocycles. The molecule has 6 nitrogen and oxygen atoms in total. The lowest BCUT2D eigenvalue weighted by Crippen LogP contribution is -2.36. The summed E-state index contributed by atoms with van der Waals surface area (Å²) in [6, 6.07) is 18.6. The van der Waals surface area contributed by atoms with E-state index in [0.29, 0.717) is 23.6 Å². The van der Waals surface area contributed by atoms with Gasteiger partial charge >= 0.3 is 12.7 Å². The molecule has 172 valence electrons. The van der Waals surface area contributed by atoms with Crippen molar-refractivity contribution in [2.24, 2.45) is 0 Å². The minimum atomic E-state index is -2.92. The molecule has 0 unspecified atom stereocenters. The molecular formula is C24H20BrF2NO5. The zero-order valence-corrected chi connectivity index (χ0v) is 19.1. The lowest BCUT2D eigenvalue weighted by molar-refractivity contribution is -0.0498. The Morgan fingerprint density at radius 2 is 1.88 bits per heavy atom. The van der Waals surface area contributed by atoms with Gasteiger partial charge in [0.1, 0.15) is 23.4 Å². The number of alkyl halides is 2. The maximum absolute atomic E-state index is 12.6. The number of hydrogen-bond donors (Lipinski definition) is 1. The molecule has 1 N–H and O–H groups in total. The van der Waals surface area contributed by atoms with Crippen LogP contribution in [0.1, 0.15) is 17.2 Å². The number of hydrogen-bond acceptors (Lipinski definition) is 5. The summed E-state index contributed by atoms with van der Waals surface area (Å²) in [5.41, 5.74) is 2.07. The fraction of sp³-hybridized carbons (Fsp3) is 0.208. The maximum atomic E-state index is 12.6. The van der Waals surface area contributed by atoms with E-state index < -0.39 is 24.9 Å². The molecule has 1 aliphatic rings. The quantitative estimate of drug-likeness (QED) is 0.410. The first-order chi connectivity index (χ1) is 15.9. The fourth-order valence-corrected chi connectivity index (χ4v) is 3.98. The van der Waals surface area contributed by atoms with Gasteiger partial charge in [-0.05, 0) is 65.7 Å². The number of methoxy groups -OCH3 is 1. The summed E-state index contributed by atoms with van der Waals surface area (Å²) in [6.07, 6.45) is -1.44. The number of rotatable bonds is 6. The zero-order valence-electron chi connectivity index (χ0n) is 17.5. The van der Waals surface area contributed by atoms with E-state index in [-0.39, 0.29) is 5.75 Å². The summed E-state index contributed by atoms with van der Waals surface area (Å²) in [7, 11) is 1.58. The normalized spacial score (nSPS) is 17.0. The molecule has 4 rings (SSSR count). The van der Waals surface area contributed by atoms with Crippen LogP contribution in [0, 0.1) is 0 Å². The molecule has 0 aromatic heterocycles. The molecule has 1 aliphatic heterocycles. The molecule has 33 heavy (non-hydrogen) atoms. The lowest BCUT2D eigenvalue weighted by atomic mass is 9.94. The Morgan fingerprint density at radius 1 is 1.09 bits per heavy atom. The number of amides is 1. The highest BCUT2D eigenvalue weighted by atomic mass is 79.9. The number of fused-ring (bicyclic) bond motifs is 1. The van der Waals surface area contributed by atoms with Crippen LogP contribution < -0.4 is 19.5 Å². The van der Waals surface area contributed by atoms with Gasteiger partial charge in [-0.25, -0.2) is 4.79 Å². The van der Waals surface area contributed by atoms with Gasteiger partial charge < -0.3 is 18.9 Å². The molecular weight excluding hydrogens is 500 g/mol. The monoisotopic (exact) mass is 519 g/mol. The number of ether oxygens (including phenoxy) is 4. The average Bonchev–Trinajstić information content (AvgIpc) is 2.79. The van der Waals surface area contributed by atoms with Gasteiger partial charge in [0.05, 0.1) is 7.11 Å². The van der Waals surface area contributed by atoms with Crippen LogP contribution in [0.3, 0.4) is 0 Å². The predicted octanol–water partition coefficient (Wildman–Crippen LogP) is 6.35. The number of anilines is 1. The third-order valence-electron chi connectivity index (χ3n) is 5.04. The molecule has 0 spiro atoms. The first-order valence-electron chi connectivity index (χ1n) is 10.0. The summed E-state index contributed by atoms with van der Waals surface area (Å²) in [4.78, 5) is 12.6. The average molecular weight is 520 g/mol. The summed E-state index contributed by atoms with van der Waals surface area (Å²) < 4.78 is 47.1. The van der Waals surface area contributed by atoms with E-state index in [0.717, 1.165) is 15.6 Å². The topological polar surface area (TPSA) is 66.0 Å². The molecule has 0 fully saturated rings. The van der Waals surface area contributed by atoms with Crippen LogP contribution in [0.2, 0.25) is 0 Å². The van der Waals surface area contributed by atoms with E-state index in [2.05, 4.69) is 26.0 Å². The summed E-state index contributed by atoms with van der Waals surface area (Å²) in [5.74, 6) is 1.36. The van der Waals surface area contributed by atoms with E-state index in [1.54, 1.807) is 7.11 Å². The Hall–Kier alpha value is -3.33. The molecule has 0 aliphatic carbocycles. The van der Waals surface area contributed by atoms with Crippen molar-refractivity contribution in [3.8, 4) is 17.2 Å². The van der Waals surface area contributed by atoms with Crippen LogP contribution in [-0.4, -0.2) is 25.9 Å². The molecule has 9 heteroatoms. The van der Waals surface area contributed by atoms with Crippen molar-refractivity contribution >= 4 is 27.7 Å². The van der Waals surface area contributed by atoms with E-state index in [1.165, 1.54) is 24.3 Å². The van der Waals surface area contributed by atoms with Gasteiger partial charge in [-0.2, -0.15) is 8.78 Å². The highest BCUT2D eigenvalue weighted by Crippen LogP contribution is 2.38. The third-order valence-corrected chi connectivity index (χ3v) is 5.54. The van der Waals surface area contributed by atoms with Crippen LogP contribution >= 0.6 is 15.9 Å². The van der Waals surface area contributed by atoms with Crippen LogP contribution in [0.25, 0.3) is 0 Å². The highest BCUT2D eigenvalue weighted by molar-refractivity contribution is 9.10. The SMILES string of the molecule is COc1cccc([C@@H]2Oc3ccc(Br)cc3C[C@H]2OC(=O)Nc2ccc(OC(F)F)cc2)c1. The summed E-state index contributed by atoms with van der Waals surface area (Å²) >= 11 is 3.46. The first-order valence-corrected chi connectivity index (χ1v) is 10.8. The standard InChI is InChI=1S/C24H20BrF2NO5/c1-30-19-4-2-3-14(12-19)22-21(13-15-11-16(25)5-10-20(15)32-22)33-24(29)28-17-6-8-18(9-7-17)31-23(26)27/h2-12,21-23H,13H2,1H3,(H,28,29)/t21-,22+/m1/s1. The Balaban J connectivity index is 1.53. The maximum Gasteiger partial charge on any atom is 0.412 e. The summed E-state index contributed by atoms with van der Waals surface area (Å²) in [6.45, 7) is -2.92. The van der Waals surface area contributed by atoms with Gasteiger partial charge in [0.25, 0.3) is 0 Å². The van der Waals surface area contributed by atoms with Crippen LogP contribution in [0.4, 0.5) is 19.3 Å². The van der Waals surface area contributed by atoms with Gasteiger partial charge in [0.15, 0.2) is 6.10 Å². The number of nitrogens with one attached hydrogen (secondary N) is 1. The van der Waals surface area contributed by atoms with Crippen LogP contribution in [0.15, 0.2) is 71.2 Å². The van der Waals surface area contributed by atoms with Crippen LogP contribution in [-0.2, 0) is 11.2 Å². The molecule has 2 atom stereocenters. The van der Waals surface area contributed by atoms with Crippen LogP contribution in [0.5, 0.6) is 17.2 Å². The minimum absolute atomic E-state index is 0.00938. The Morgan fingerprint density at radius 3 is 2.61 bits per heavy atom. The largest absolute Gasteiger partial charge is 0.497 e. The molecule has 0 saturated carbocycles. The van der Waals surface area contributed by atoms with Crippen molar-refractivity contribution < 1.29 is 32.5 Å². The first kappa shape index (κ1) is 22.8. The number of halogens is 3. The second-order valence-electron chi connectivity index (χ2n) is 7.24. The summed E-state index contributed by atoms with van der Waals surface area (Å²) in [5, 5.41) is 2.61. The number of carbonyl (C=O) groups excluding carboxylic acids is 1. The van der Waals surface area contributed by atoms with Gasteiger partial charge in [0, 0.05) is 16.6 Å². The van der Waals surface area contributed by atoms with Crippen molar-refractivity contribution in [1.29, 1.82) is 0 Å². The van der Waals surface area contributed by atoms with Crippen molar-refractivity contribution in [3.63, 3.8) is 0 Å². The Labute approximate surface area is 197 Å². The van der Waals surface area contributed by atoms with Gasteiger partial charge in [-0.3, -0.25) is 5.32 Å². The molecule has 0 radical (unpaired) electrons. The molecule has 1 amide bonds. The predicted molar refractivity (Wildman–Crippen MR) is 121 cm³/mol. The second-order valence-corrected chi connectivity index (χ2v) is 8.16. The Kier molecular flexibility index (Phi) is 6.98. The number of benzene rings is 3. The molecule has 0 bridgehead atoms. The van der Waals surface area contributed by atoms with E-state index in [4.69, 9.17) is 14.2 Å². The van der Waals surface area contributed by atoms with E-state index in [1.807, 2.05) is 42.5 Å². The third kappa shape index (κ3) is 5.73. The fourth-order valence-electron chi connectivity index (χ4n) is 3.57. The molecule has 1 heterocycles. The lowest BCUT2D eigenvalue weighted by Gasteiger charge is -2.33. The molecule has 0 saturated heterocycles. The number of carbonyl (C=O) groups is 1. The zero-order chi connectivity index (χ0) is 23.4. The van der Waals surface area contributed by atoms with Crippen molar-refractivity contribution in [2.45, 2.75) is 25.2 Å². The van der Waals surface area contributed by atoms with Gasteiger partial charge in [0.2, 0.25) is 0 Å². The van der Waals surface area contributed by atoms with Gasteiger partial charge in [-0.1, -0.05) is 28.1 Å². The van der Waals surface area contributed by atoms with Crippen molar-refractivity contribution in [2.75, 3.05) is 12.4 Å². The second kappa shape index (κ2) is 10.1. The van der Waals surface area contributed by atoms with E-state index >= 15 is 0 Å². The van der Waals surface area contributed by atoms with Crippen molar-refractivity contribution in [3.05, 3.63) is 82.3 Å². The highest BCUT2D eigenvalue weighted by Gasteiger charge is 2.34. The minimum Gasteiger partial charge on any atom is -0.497 e. The Bertz CT molecular complexity index is 1130. The smallest absolute Gasteiger partial charge is 0.412 e.